The Labute approximate surface area is 86.6 Å². The summed E-state index contributed by atoms with van der Waals surface area (Å²) >= 11 is 0. The Morgan fingerprint density at radius 3 is 2.57 bits per heavy atom. The van der Waals surface area contributed by atoms with Gasteiger partial charge < -0.3 is 10.5 Å². The van der Waals surface area contributed by atoms with Crippen LogP contribution in [0.4, 0.5) is 0 Å². The summed E-state index contributed by atoms with van der Waals surface area (Å²) in [5, 5.41) is 0. The fourth-order valence-corrected chi connectivity index (χ4v) is 2.60. The second kappa shape index (κ2) is 4.60. The SMILES string of the molecule is CC(CCCN)N1CC2CCC(C1)O2. The van der Waals surface area contributed by atoms with Crippen LogP contribution in [0.3, 0.4) is 0 Å². The maximum atomic E-state index is 5.82. The highest BCUT2D eigenvalue weighted by atomic mass is 16.5. The summed E-state index contributed by atoms with van der Waals surface area (Å²) in [5.41, 5.74) is 5.53. The Morgan fingerprint density at radius 2 is 2.00 bits per heavy atom. The third-order valence-electron chi connectivity index (χ3n) is 3.52. The number of nitrogens with two attached hydrogens (primary N) is 1. The molecule has 0 aromatic rings. The summed E-state index contributed by atoms with van der Waals surface area (Å²) in [4.78, 5) is 2.58. The van der Waals surface area contributed by atoms with E-state index in [1.807, 2.05) is 0 Å². The Morgan fingerprint density at radius 1 is 1.36 bits per heavy atom. The van der Waals surface area contributed by atoms with Gasteiger partial charge in [0.25, 0.3) is 0 Å². The van der Waals surface area contributed by atoms with Crippen LogP contribution in [0.25, 0.3) is 0 Å². The zero-order valence-corrected chi connectivity index (χ0v) is 9.11. The van der Waals surface area contributed by atoms with Gasteiger partial charge in [-0.3, -0.25) is 4.90 Å². The van der Waals surface area contributed by atoms with Gasteiger partial charge in [-0.25, -0.2) is 0 Å². The number of nitrogens with zero attached hydrogens (tertiary/aromatic N) is 1. The van der Waals surface area contributed by atoms with Gasteiger partial charge in [0.1, 0.15) is 0 Å². The smallest absolute Gasteiger partial charge is 0.0707 e. The lowest BCUT2D eigenvalue weighted by molar-refractivity contribution is -0.0514. The van der Waals surface area contributed by atoms with E-state index in [0.717, 1.165) is 26.1 Å². The Bertz CT molecular complexity index is 174. The zero-order valence-electron chi connectivity index (χ0n) is 9.11. The van der Waals surface area contributed by atoms with Gasteiger partial charge in [0.15, 0.2) is 0 Å². The molecule has 3 unspecified atom stereocenters. The molecule has 3 heteroatoms. The van der Waals surface area contributed by atoms with Gasteiger partial charge in [-0.15, -0.1) is 0 Å². The van der Waals surface area contributed by atoms with E-state index in [-0.39, 0.29) is 0 Å². The first-order valence-corrected chi connectivity index (χ1v) is 5.89. The van der Waals surface area contributed by atoms with Crippen LogP contribution < -0.4 is 5.73 Å². The van der Waals surface area contributed by atoms with Crippen molar-refractivity contribution < 1.29 is 4.74 Å². The highest BCUT2D eigenvalue weighted by Gasteiger charge is 2.34. The normalized spacial score (nSPS) is 34.7. The predicted molar refractivity (Wildman–Crippen MR) is 57.2 cm³/mol. The molecule has 2 saturated heterocycles. The Kier molecular flexibility index (Phi) is 3.42. The van der Waals surface area contributed by atoms with E-state index >= 15 is 0 Å². The van der Waals surface area contributed by atoms with E-state index in [0.29, 0.717) is 18.2 Å². The fourth-order valence-electron chi connectivity index (χ4n) is 2.60. The summed E-state index contributed by atoms with van der Waals surface area (Å²) < 4.78 is 5.82. The molecule has 2 aliphatic rings. The van der Waals surface area contributed by atoms with Gasteiger partial charge in [0.05, 0.1) is 12.2 Å². The topological polar surface area (TPSA) is 38.5 Å². The van der Waals surface area contributed by atoms with E-state index < -0.39 is 0 Å². The lowest BCUT2D eigenvalue weighted by atomic mass is 10.1. The summed E-state index contributed by atoms with van der Waals surface area (Å²) in [5.74, 6) is 0. The summed E-state index contributed by atoms with van der Waals surface area (Å²) in [7, 11) is 0. The molecule has 2 aliphatic heterocycles. The second-order valence-corrected chi connectivity index (χ2v) is 4.69. The average Bonchev–Trinajstić information content (AvgIpc) is 2.54. The van der Waals surface area contributed by atoms with Crippen molar-refractivity contribution in [3.63, 3.8) is 0 Å². The lowest BCUT2D eigenvalue weighted by Crippen LogP contribution is -2.47. The third-order valence-corrected chi connectivity index (χ3v) is 3.52. The standard InChI is InChI=1S/C11H22N2O/c1-9(3-2-6-12)13-7-10-4-5-11(8-13)14-10/h9-11H,2-8,12H2,1H3. The van der Waals surface area contributed by atoms with E-state index in [1.54, 1.807) is 0 Å². The first-order valence-electron chi connectivity index (χ1n) is 5.89. The van der Waals surface area contributed by atoms with Crippen LogP contribution in [0.5, 0.6) is 0 Å². The largest absolute Gasteiger partial charge is 0.372 e. The molecule has 0 spiro atoms. The van der Waals surface area contributed by atoms with Crippen molar-refractivity contribution in [2.24, 2.45) is 5.73 Å². The van der Waals surface area contributed by atoms with Crippen LogP contribution in [-0.2, 0) is 4.74 Å². The van der Waals surface area contributed by atoms with Gasteiger partial charge in [0.2, 0.25) is 0 Å². The molecule has 14 heavy (non-hydrogen) atoms. The number of ether oxygens (including phenoxy) is 1. The van der Waals surface area contributed by atoms with Crippen LogP contribution in [0.1, 0.15) is 32.6 Å². The molecule has 3 atom stereocenters. The van der Waals surface area contributed by atoms with Gasteiger partial charge >= 0.3 is 0 Å². The Balaban J connectivity index is 1.80. The van der Waals surface area contributed by atoms with Crippen molar-refractivity contribution in [2.45, 2.75) is 50.9 Å². The van der Waals surface area contributed by atoms with Crippen molar-refractivity contribution in [3.8, 4) is 0 Å². The first-order chi connectivity index (χ1) is 6.79. The monoisotopic (exact) mass is 198 g/mol. The van der Waals surface area contributed by atoms with E-state index in [9.17, 15) is 0 Å². The molecule has 0 amide bonds. The van der Waals surface area contributed by atoms with E-state index in [2.05, 4.69) is 11.8 Å². The molecule has 2 fully saturated rings. The summed E-state index contributed by atoms with van der Waals surface area (Å²) in [6, 6.07) is 0.686. The number of morpholine rings is 1. The van der Waals surface area contributed by atoms with Gasteiger partial charge in [-0.2, -0.15) is 0 Å². The van der Waals surface area contributed by atoms with Crippen LogP contribution in [-0.4, -0.2) is 42.8 Å². The summed E-state index contributed by atoms with van der Waals surface area (Å²) in [6.45, 7) is 5.42. The number of fused-ring (bicyclic) bond motifs is 2. The van der Waals surface area contributed by atoms with Crippen molar-refractivity contribution in [3.05, 3.63) is 0 Å². The molecule has 2 N–H and O–H groups in total. The first kappa shape index (κ1) is 10.4. The minimum Gasteiger partial charge on any atom is -0.372 e. The molecule has 0 aromatic carbocycles. The second-order valence-electron chi connectivity index (χ2n) is 4.69. The zero-order chi connectivity index (χ0) is 9.97. The van der Waals surface area contributed by atoms with Gasteiger partial charge in [-0.05, 0) is 39.2 Å². The minimum atomic E-state index is 0.522. The van der Waals surface area contributed by atoms with Crippen molar-refractivity contribution in [1.82, 2.24) is 4.90 Å². The molecular weight excluding hydrogens is 176 g/mol. The van der Waals surface area contributed by atoms with Crippen LogP contribution >= 0.6 is 0 Å². The number of likely N-dealkylation sites (tertiary alicyclic amines) is 1. The molecule has 0 aromatic heterocycles. The highest BCUT2D eigenvalue weighted by molar-refractivity contribution is 4.86. The minimum absolute atomic E-state index is 0.522. The molecule has 0 saturated carbocycles. The van der Waals surface area contributed by atoms with Crippen LogP contribution in [0.15, 0.2) is 0 Å². The number of hydrogen-bond acceptors (Lipinski definition) is 3. The molecule has 82 valence electrons. The fraction of sp³-hybridized carbons (Fsp3) is 1.00. The molecule has 3 nitrogen and oxygen atoms in total. The van der Waals surface area contributed by atoms with Crippen molar-refractivity contribution in [1.29, 1.82) is 0 Å². The van der Waals surface area contributed by atoms with E-state index in [1.165, 1.54) is 19.3 Å². The molecular formula is C11H22N2O. The molecule has 0 radical (unpaired) electrons. The Hall–Kier alpha value is -0.120. The number of hydrogen-bond donors (Lipinski definition) is 1. The van der Waals surface area contributed by atoms with Crippen LogP contribution in [0, 0.1) is 0 Å². The van der Waals surface area contributed by atoms with Gasteiger partial charge in [-0.1, -0.05) is 0 Å². The average molecular weight is 198 g/mol. The maximum Gasteiger partial charge on any atom is 0.0707 e. The quantitative estimate of drug-likeness (QED) is 0.731. The lowest BCUT2D eigenvalue weighted by Gasteiger charge is -2.36. The van der Waals surface area contributed by atoms with Crippen molar-refractivity contribution >= 4 is 0 Å². The summed E-state index contributed by atoms with van der Waals surface area (Å²) in [6.07, 6.45) is 5.96. The molecule has 2 bridgehead atoms. The number of rotatable bonds is 4. The highest BCUT2D eigenvalue weighted by Crippen LogP contribution is 2.27. The van der Waals surface area contributed by atoms with Crippen LogP contribution in [0.2, 0.25) is 0 Å². The molecule has 2 rings (SSSR count). The third kappa shape index (κ3) is 2.27. The molecule has 0 aliphatic carbocycles. The molecule has 2 heterocycles. The predicted octanol–water partition coefficient (Wildman–Crippen LogP) is 0.977. The van der Waals surface area contributed by atoms with Crippen molar-refractivity contribution in [2.75, 3.05) is 19.6 Å². The maximum absolute atomic E-state index is 5.82. The van der Waals surface area contributed by atoms with Gasteiger partial charge in [0, 0.05) is 19.1 Å². The van der Waals surface area contributed by atoms with E-state index in [4.69, 9.17) is 10.5 Å².